The molecule has 32 heavy (non-hydrogen) atoms. The van der Waals surface area contributed by atoms with E-state index in [4.69, 9.17) is 9.73 Å². The number of aliphatic imine (C=N–C) groups is 1. The molecule has 0 atom stereocenters. The quantitative estimate of drug-likeness (QED) is 0.234. The highest BCUT2D eigenvalue weighted by atomic mass is 127. The van der Waals surface area contributed by atoms with Crippen molar-refractivity contribution in [2.24, 2.45) is 12.0 Å². The maximum atomic E-state index is 5.20. The van der Waals surface area contributed by atoms with Crippen LogP contribution in [0.3, 0.4) is 0 Å². The largest absolute Gasteiger partial charge is 0.383 e. The van der Waals surface area contributed by atoms with Crippen molar-refractivity contribution in [1.29, 1.82) is 0 Å². The number of piperazine rings is 1. The molecule has 1 aromatic heterocycles. The van der Waals surface area contributed by atoms with Gasteiger partial charge in [-0.25, -0.2) is 4.99 Å². The highest BCUT2D eigenvalue weighted by molar-refractivity contribution is 14.0. The summed E-state index contributed by atoms with van der Waals surface area (Å²) < 4.78 is 7.19. The highest BCUT2D eigenvalue weighted by Gasteiger charge is 2.20. The van der Waals surface area contributed by atoms with E-state index < -0.39 is 0 Å². The minimum Gasteiger partial charge on any atom is -0.383 e. The molecule has 1 aromatic carbocycles. The van der Waals surface area contributed by atoms with Gasteiger partial charge < -0.3 is 19.5 Å². The van der Waals surface area contributed by atoms with Crippen molar-refractivity contribution < 1.29 is 4.74 Å². The van der Waals surface area contributed by atoms with Gasteiger partial charge in [0.25, 0.3) is 0 Å². The minimum atomic E-state index is 0. The van der Waals surface area contributed by atoms with Crippen molar-refractivity contribution in [2.45, 2.75) is 39.8 Å². The average Bonchev–Trinajstić information content (AvgIpc) is 3.09. The van der Waals surface area contributed by atoms with Crippen LogP contribution in [-0.4, -0.2) is 77.0 Å². The first-order valence-electron chi connectivity index (χ1n) is 11.2. The molecule has 0 aliphatic carbocycles. The molecule has 3 rings (SSSR count). The number of ether oxygens (including phenoxy) is 1. The lowest BCUT2D eigenvalue weighted by molar-refractivity contribution is 0.169. The van der Waals surface area contributed by atoms with Crippen LogP contribution in [0.2, 0.25) is 0 Å². The van der Waals surface area contributed by atoms with Gasteiger partial charge in [0.15, 0.2) is 11.8 Å². The van der Waals surface area contributed by atoms with Gasteiger partial charge in [-0.2, -0.15) is 0 Å². The summed E-state index contributed by atoms with van der Waals surface area (Å²) in [6.45, 7) is 13.2. The van der Waals surface area contributed by atoms with E-state index in [9.17, 15) is 0 Å². The molecular weight excluding hydrogens is 517 g/mol. The summed E-state index contributed by atoms with van der Waals surface area (Å²) in [5.74, 6) is 3.26. The lowest BCUT2D eigenvalue weighted by Crippen LogP contribution is -2.52. The maximum absolute atomic E-state index is 5.20. The van der Waals surface area contributed by atoms with Crippen LogP contribution in [0.5, 0.6) is 0 Å². The monoisotopic (exact) mass is 555 g/mol. The Morgan fingerprint density at radius 3 is 2.38 bits per heavy atom. The van der Waals surface area contributed by atoms with Crippen LogP contribution in [0.4, 0.5) is 0 Å². The first kappa shape index (κ1) is 26.5. The van der Waals surface area contributed by atoms with Gasteiger partial charge in [-0.3, -0.25) is 4.90 Å². The Kier molecular flexibility index (Phi) is 10.9. The molecule has 8 nitrogen and oxygen atoms in total. The Labute approximate surface area is 209 Å². The van der Waals surface area contributed by atoms with E-state index in [-0.39, 0.29) is 24.0 Å². The van der Waals surface area contributed by atoms with Crippen molar-refractivity contribution >= 4 is 29.9 Å². The molecule has 1 N–H and O–H groups in total. The van der Waals surface area contributed by atoms with Crippen molar-refractivity contribution in [1.82, 2.24) is 29.9 Å². The predicted molar refractivity (Wildman–Crippen MR) is 140 cm³/mol. The molecular formula is C23H38IN7O. The number of methoxy groups -OCH3 is 1. The zero-order chi connectivity index (χ0) is 22.2. The smallest absolute Gasteiger partial charge is 0.194 e. The summed E-state index contributed by atoms with van der Waals surface area (Å²) in [7, 11) is 3.69. The number of rotatable bonds is 8. The Bertz CT molecular complexity index is 843. The van der Waals surface area contributed by atoms with Crippen LogP contribution in [0.25, 0.3) is 0 Å². The summed E-state index contributed by atoms with van der Waals surface area (Å²) in [5, 5.41) is 11.8. The normalized spacial score (nSPS) is 15.2. The fraction of sp³-hybridized carbons (Fsp3) is 0.609. The lowest BCUT2D eigenvalue weighted by Gasteiger charge is -2.36. The van der Waals surface area contributed by atoms with Gasteiger partial charge >= 0.3 is 0 Å². The van der Waals surface area contributed by atoms with Gasteiger partial charge in [0, 0.05) is 53.4 Å². The molecule has 0 amide bonds. The van der Waals surface area contributed by atoms with Crippen LogP contribution in [0.1, 0.15) is 42.5 Å². The molecule has 9 heteroatoms. The highest BCUT2D eigenvalue weighted by Crippen LogP contribution is 2.16. The lowest BCUT2D eigenvalue weighted by atomic mass is 10.0. The van der Waals surface area contributed by atoms with Gasteiger partial charge in [-0.15, -0.1) is 34.2 Å². The first-order chi connectivity index (χ1) is 15.0. The molecule has 0 radical (unpaired) electrons. The Morgan fingerprint density at radius 1 is 1.12 bits per heavy atom. The Hall–Kier alpha value is -1.72. The minimum absolute atomic E-state index is 0. The number of halogens is 1. The predicted octanol–water partition coefficient (Wildman–Crippen LogP) is 2.77. The third kappa shape index (κ3) is 7.41. The molecule has 0 spiro atoms. The van der Waals surface area contributed by atoms with E-state index in [2.05, 4.69) is 63.4 Å². The first-order valence-corrected chi connectivity index (χ1v) is 11.2. The molecule has 1 aliphatic rings. The third-order valence-electron chi connectivity index (χ3n) is 5.87. The fourth-order valence-corrected chi connectivity index (χ4v) is 3.65. The van der Waals surface area contributed by atoms with Gasteiger partial charge in [-0.05, 0) is 24.0 Å². The third-order valence-corrected chi connectivity index (χ3v) is 5.87. The zero-order valence-electron chi connectivity index (χ0n) is 20.0. The maximum Gasteiger partial charge on any atom is 0.194 e. The molecule has 1 saturated heterocycles. The number of hydrogen-bond donors (Lipinski definition) is 1. The van der Waals surface area contributed by atoms with Crippen LogP contribution >= 0.6 is 24.0 Å². The van der Waals surface area contributed by atoms with Crippen LogP contribution in [0, 0.1) is 6.92 Å². The molecule has 1 aliphatic heterocycles. The number of benzene rings is 1. The average molecular weight is 556 g/mol. The second-order valence-corrected chi connectivity index (χ2v) is 8.44. The molecule has 0 bridgehead atoms. The van der Waals surface area contributed by atoms with Crippen molar-refractivity contribution in [3.05, 3.63) is 47.0 Å². The van der Waals surface area contributed by atoms with E-state index in [0.717, 1.165) is 56.9 Å². The Morgan fingerprint density at radius 2 is 1.81 bits per heavy atom. The SMILES string of the molecule is COCCNC(=NCc1nnc(C)n1C)N1CCN(Cc2ccc(C(C)C)cc2)CC1.I. The van der Waals surface area contributed by atoms with Gasteiger partial charge in [0.05, 0.1) is 6.61 Å². The second-order valence-electron chi connectivity index (χ2n) is 8.44. The summed E-state index contributed by atoms with van der Waals surface area (Å²) >= 11 is 0. The summed E-state index contributed by atoms with van der Waals surface area (Å²) in [6.07, 6.45) is 0. The molecule has 0 saturated carbocycles. The van der Waals surface area contributed by atoms with E-state index in [1.165, 1.54) is 11.1 Å². The van der Waals surface area contributed by atoms with Crippen LogP contribution in [-0.2, 0) is 24.9 Å². The zero-order valence-corrected chi connectivity index (χ0v) is 22.4. The van der Waals surface area contributed by atoms with E-state index in [1.54, 1.807) is 7.11 Å². The van der Waals surface area contributed by atoms with Crippen LogP contribution in [0.15, 0.2) is 29.3 Å². The number of nitrogens with zero attached hydrogens (tertiary/aromatic N) is 6. The molecule has 178 valence electrons. The number of hydrogen-bond acceptors (Lipinski definition) is 5. The van der Waals surface area contributed by atoms with Gasteiger partial charge in [0.1, 0.15) is 12.4 Å². The van der Waals surface area contributed by atoms with E-state index in [0.29, 0.717) is 19.1 Å². The van der Waals surface area contributed by atoms with E-state index in [1.807, 2.05) is 18.5 Å². The van der Waals surface area contributed by atoms with Crippen molar-refractivity contribution in [2.75, 3.05) is 46.4 Å². The van der Waals surface area contributed by atoms with Gasteiger partial charge in [-0.1, -0.05) is 38.1 Å². The number of aromatic nitrogens is 3. The standard InChI is InChI=1S/C23H37N7O.HI/c1-18(2)21-8-6-20(7-9-21)17-29-11-13-30(14-12-29)23(24-10-15-31-5)25-16-22-27-26-19(3)28(22)4;/h6-9,18H,10-17H2,1-5H3,(H,24,25);1H. The topological polar surface area (TPSA) is 70.8 Å². The van der Waals surface area contributed by atoms with Crippen LogP contribution < -0.4 is 5.32 Å². The summed E-state index contributed by atoms with van der Waals surface area (Å²) in [6, 6.07) is 9.05. The van der Waals surface area contributed by atoms with Crippen molar-refractivity contribution in [3.8, 4) is 0 Å². The molecule has 0 unspecified atom stereocenters. The number of guanidine groups is 1. The van der Waals surface area contributed by atoms with Gasteiger partial charge in [0.2, 0.25) is 0 Å². The van der Waals surface area contributed by atoms with Crippen molar-refractivity contribution in [3.63, 3.8) is 0 Å². The van der Waals surface area contributed by atoms with E-state index >= 15 is 0 Å². The molecule has 2 aromatic rings. The summed E-state index contributed by atoms with van der Waals surface area (Å²) in [5.41, 5.74) is 2.78. The number of aryl methyl sites for hydroxylation is 1. The summed E-state index contributed by atoms with van der Waals surface area (Å²) in [4.78, 5) is 9.68. The number of nitrogens with one attached hydrogen (secondary N) is 1. The Balaban J connectivity index is 0.00000363. The molecule has 1 fully saturated rings. The molecule has 2 heterocycles. The fourth-order valence-electron chi connectivity index (χ4n) is 3.65. The second kappa shape index (κ2) is 13.1.